The summed E-state index contributed by atoms with van der Waals surface area (Å²) >= 11 is 5.95. The number of carbonyl (C=O) groups excluding carboxylic acids is 1. The number of carbonyl (C=O) groups is 1. The molecule has 4 fully saturated rings. The summed E-state index contributed by atoms with van der Waals surface area (Å²) in [4.78, 5) is 28.7. The summed E-state index contributed by atoms with van der Waals surface area (Å²) in [7, 11) is 0. The highest BCUT2D eigenvalue weighted by molar-refractivity contribution is 6.30. The number of alkyl halides is 1. The number of hydrogen-bond acceptors (Lipinski definition) is 8. The van der Waals surface area contributed by atoms with E-state index in [0.29, 0.717) is 43.8 Å². The van der Waals surface area contributed by atoms with E-state index < -0.39 is 23.7 Å². The van der Waals surface area contributed by atoms with Gasteiger partial charge in [0.25, 0.3) is 0 Å². The van der Waals surface area contributed by atoms with E-state index in [1.807, 2.05) is 4.90 Å². The predicted molar refractivity (Wildman–Crippen MR) is 120 cm³/mol. The molecule has 34 heavy (non-hydrogen) atoms. The second kappa shape index (κ2) is 8.01. The zero-order valence-corrected chi connectivity index (χ0v) is 19.3. The van der Waals surface area contributed by atoms with Crippen molar-refractivity contribution in [2.75, 3.05) is 44.2 Å². The number of nitrogens with zero attached hydrogens (tertiary/aromatic N) is 5. The fraction of sp³-hybridized carbons (Fsp3) is 0.636. The summed E-state index contributed by atoms with van der Waals surface area (Å²) in [5.41, 5.74) is -1.04. The summed E-state index contributed by atoms with van der Waals surface area (Å²) in [5, 5.41) is 2.83. The average Bonchev–Trinajstić information content (AvgIpc) is 3.46. The number of fused-ring (bicyclic) bond motifs is 2. The van der Waals surface area contributed by atoms with Crippen LogP contribution in [0.4, 0.5) is 19.4 Å². The molecule has 6 heterocycles. The molecular formula is C22H25ClF2N6O3. The lowest BCUT2D eigenvalue weighted by atomic mass is 9.93. The quantitative estimate of drug-likeness (QED) is 0.649. The third-order valence-corrected chi connectivity index (χ3v) is 7.80. The Bertz CT molecular complexity index is 1160. The van der Waals surface area contributed by atoms with Crippen molar-refractivity contribution >= 4 is 34.4 Å². The molecule has 0 aromatic carbocycles. The molecular weight excluding hydrogens is 470 g/mol. The van der Waals surface area contributed by atoms with Crippen molar-refractivity contribution in [3.05, 3.63) is 17.2 Å². The van der Waals surface area contributed by atoms with E-state index in [2.05, 4.69) is 25.2 Å². The van der Waals surface area contributed by atoms with Crippen LogP contribution >= 0.6 is 11.6 Å². The zero-order chi connectivity index (χ0) is 23.5. The molecule has 1 spiro atoms. The van der Waals surface area contributed by atoms with Crippen LogP contribution in [0.15, 0.2) is 6.20 Å². The second-order valence-corrected chi connectivity index (χ2v) is 10.1. The van der Waals surface area contributed by atoms with Crippen molar-refractivity contribution in [3.8, 4) is 6.01 Å². The number of pyridine rings is 1. The van der Waals surface area contributed by atoms with E-state index in [1.54, 1.807) is 0 Å². The van der Waals surface area contributed by atoms with E-state index in [0.717, 1.165) is 32.2 Å². The van der Waals surface area contributed by atoms with Gasteiger partial charge in [-0.3, -0.25) is 4.90 Å². The van der Waals surface area contributed by atoms with Crippen molar-refractivity contribution in [2.24, 2.45) is 0 Å². The van der Waals surface area contributed by atoms with E-state index in [9.17, 15) is 13.6 Å². The summed E-state index contributed by atoms with van der Waals surface area (Å²) in [5.74, 6) is -0.306. The van der Waals surface area contributed by atoms with Gasteiger partial charge in [-0.25, -0.2) is 18.6 Å². The van der Waals surface area contributed by atoms with Crippen LogP contribution in [-0.4, -0.2) is 82.6 Å². The van der Waals surface area contributed by atoms with Crippen LogP contribution in [0.2, 0.25) is 5.15 Å². The smallest absolute Gasteiger partial charge is 0.407 e. The van der Waals surface area contributed by atoms with Crippen LogP contribution in [0.5, 0.6) is 6.01 Å². The molecule has 4 aliphatic rings. The van der Waals surface area contributed by atoms with E-state index in [4.69, 9.17) is 21.1 Å². The predicted octanol–water partition coefficient (Wildman–Crippen LogP) is 2.85. The van der Waals surface area contributed by atoms with Gasteiger partial charge >= 0.3 is 12.1 Å². The number of rotatable bonds is 4. The lowest BCUT2D eigenvalue weighted by Crippen LogP contribution is -2.51. The minimum Gasteiger partial charge on any atom is -0.461 e. The van der Waals surface area contributed by atoms with Crippen molar-refractivity contribution in [3.63, 3.8) is 0 Å². The van der Waals surface area contributed by atoms with Gasteiger partial charge in [-0.05, 0) is 32.2 Å². The van der Waals surface area contributed by atoms with Crippen LogP contribution in [0, 0.1) is 5.82 Å². The van der Waals surface area contributed by atoms with Gasteiger partial charge in [0.2, 0.25) is 0 Å². The Hall–Kier alpha value is -2.53. The number of hydrogen-bond donors (Lipinski definition) is 1. The first kappa shape index (κ1) is 22.0. The van der Waals surface area contributed by atoms with Crippen molar-refractivity contribution in [1.29, 1.82) is 0 Å². The maximum Gasteiger partial charge on any atom is 0.407 e. The molecule has 2 aromatic rings. The first-order chi connectivity index (χ1) is 16.4. The maximum absolute atomic E-state index is 15.0. The van der Waals surface area contributed by atoms with E-state index in [1.165, 1.54) is 6.20 Å². The number of amides is 1. The Kier molecular flexibility index (Phi) is 5.18. The Morgan fingerprint density at radius 3 is 2.97 bits per heavy atom. The highest BCUT2D eigenvalue weighted by Gasteiger charge is 2.49. The number of halogens is 3. The molecule has 182 valence electrons. The standard InChI is InChI=1S/C22H25ClF2N6O3/c23-17-15(25)16-14(8-26-17)18(30-5-2-4-22(11-30)10-27-20(32)34-22)29-19(28-16)33-12-21-3-1-6-31(21)9-13(24)7-21/h8,13H,1-7,9-12H2,(H,27,32)/t13-,21+,22?/m1/s1. The van der Waals surface area contributed by atoms with Gasteiger partial charge in [0, 0.05) is 25.7 Å². The van der Waals surface area contributed by atoms with Crippen molar-refractivity contribution < 1.29 is 23.0 Å². The molecule has 3 atom stereocenters. The monoisotopic (exact) mass is 494 g/mol. The molecule has 6 rings (SSSR count). The summed E-state index contributed by atoms with van der Waals surface area (Å²) in [6.45, 7) is 2.90. The third-order valence-electron chi connectivity index (χ3n) is 7.53. The topological polar surface area (TPSA) is 92.7 Å². The number of aromatic nitrogens is 3. The fourth-order valence-electron chi connectivity index (χ4n) is 5.96. The number of piperidine rings is 1. The molecule has 0 aliphatic carbocycles. The number of nitrogens with one attached hydrogen (secondary N) is 1. The molecule has 1 N–H and O–H groups in total. The average molecular weight is 495 g/mol. The maximum atomic E-state index is 15.0. The number of ether oxygens (including phenoxy) is 2. The molecule has 0 saturated carbocycles. The molecule has 1 amide bonds. The second-order valence-electron chi connectivity index (χ2n) is 9.77. The van der Waals surface area contributed by atoms with Crippen LogP contribution < -0.4 is 15.0 Å². The van der Waals surface area contributed by atoms with Crippen LogP contribution in [0.3, 0.4) is 0 Å². The molecule has 12 heteroatoms. The fourth-order valence-corrected chi connectivity index (χ4v) is 6.10. The minimum absolute atomic E-state index is 0.00775. The van der Waals surface area contributed by atoms with Gasteiger partial charge in [0.05, 0.1) is 24.0 Å². The van der Waals surface area contributed by atoms with Gasteiger partial charge in [-0.2, -0.15) is 9.97 Å². The third kappa shape index (κ3) is 3.60. The van der Waals surface area contributed by atoms with Crippen LogP contribution in [-0.2, 0) is 4.74 Å². The summed E-state index contributed by atoms with van der Waals surface area (Å²) in [6, 6.07) is 0.00775. The Balaban J connectivity index is 1.35. The normalized spacial score (nSPS) is 31.2. The Labute approximate surface area is 199 Å². The van der Waals surface area contributed by atoms with Gasteiger partial charge in [0.15, 0.2) is 11.0 Å². The number of alkyl carbamates (subject to hydrolysis) is 1. The van der Waals surface area contributed by atoms with Crippen LogP contribution in [0.1, 0.15) is 32.1 Å². The highest BCUT2D eigenvalue weighted by atomic mass is 35.5. The van der Waals surface area contributed by atoms with E-state index >= 15 is 0 Å². The first-order valence-electron chi connectivity index (χ1n) is 11.6. The van der Waals surface area contributed by atoms with E-state index in [-0.39, 0.29) is 28.8 Å². The molecule has 4 saturated heterocycles. The SMILES string of the molecule is O=C1NCC2(CCCN(c3nc(OC[C@@]45CCCN4C[C@H](F)C5)nc4c(F)c(Cl)ncc34)C2)O1. The lowest BCUT2D eigenvalue weighted by Gasteiger charge is -2.39. The van der Waals surface area contributed by atoms with Crippen molar-refractivity contribution in [2.45, 2.75) is 49.4 Å². The van der Waals surface area contributed by atoms with Gasteiger partial charge in [-0.1, -0.05) is 11.6 Å². The lowest BCUT2D eigenvalue weighted by molar-refractivity contribution is 0.0445. The Morgan fingerprint density at radius 2 is 2.15 bits per heavy atom. The molecule has 0 bridgehead atoms. The van der Waals surface area contributed by atoms with Crippen molar-refractivity contribution in [1.82, 2.24) is 25.2 Å². The zero-order valence-electron chi connectivity index (χ0n) is 18.5. The Morgan fingerprint density at radius 1 is 1.29 bits per heavy atom. The minimum atomic E-state index is -0.883. The highest BCUT2D eigenvalue weighted by Crippen LogP contribution is 2.41. The first-order valence-corrected chi connectivity index (χ1v) is 12.0. The van der Waals surface area contributed by atoms with Gasteiger partial charge < -0.3 is 19.7 Å². The number of anilines is 1. The summed E-state index contributed by atoms with van der Waals surface area (Å²) in [6.07, 6.45) is 3.83. The van der Waals surface area contributed by atoms with Crippen LogP contribution in [0.25, 0.3) is 10.9 Å². The molecule has 2 aromatic heterocycles. The molecule has 9 nitrogen and oxygen atoms in total. The van der Waals surface area contributed by atoms with Gasteiger partial charge in [0.1, 0.15) is 29.7 Å². The molecule has 0 radical (unpaired) electrons. The summed E-state index contributed by atoms with van der Waals surface area (Å²) < 4.78 is 40.7. The van der Waals surface area contributed by atoms with Gasteiger partial charge in [-0.15, -0.1) is 0 Å². The molecule has 4 aliphatic heterocycles. The largest absolute Gasteiger partial charge is 0.461 e. The molecule has 1 unspecified atom stereocenters.